The van der Waals surface area contributed by atoms with Crippen LogP contribution in [0.1, 0.15) is 38.7 Å². The normalized spacial score (nSPS) is 20.1. The van der Waals surface area contributed by atoms with Gasteiger partial charge in [0, 0.05) is 18.5 Å². The van der Waals surface area contributed by atoms with Crippen LogP contribution in [-0.4, -0.2) is 37.6 Å². The Hall–Kier alpha value is -0.860. The van der Waals surface area contributed by atoms with Gasteiger partial charge in [0.2, 0.25) is 0 Å². The van der Waals surface area contributed by atoms with Crippen LogP contribution in [0, 0.1) is 0 Å². The van der Waals surface area contributed by atoms with Gasteiger partial charge in [0.05, 0.1) is 0 Å². The molecule has 1 aliphatic heterocycles. The van der Waals surface area contributed by atoms with Crippen LogP contribution in [0.4, 0.5) is 0 Å². The van der Waals surface area contributed by atoms with Gasteiger partial charge >= 0.3 is 0 Å². The van der Waals surface area contributed by atoms with E-state index in [0.717, 1.165) is 13.1 Å². The van der Waals surface area contributed by atoms with Gasteiger partial charge in [-0.1, -0.05) is 50.6 Å². The Morgan fingerprint density at radius 2 is 1.79 bits per heavy atom. The van der Waals surface area contributed by atoms with Crippen LogP contribution in [-0.2, 0) is 5.41 Å². The van der Waals surface area contributed by atoms with Crippen molar-refractivity contribution in [1.82, 2.24) is 10.2 Å². The van der Waals surface area contributed by atoms with Crippen molar-refractivity contribution in [2.45, 2.75) is 38.5 Å². The summed E-state index contributed by atoms with van der Waals surface area (Å²) in [5.41, 5.74) is 1.68. The van der Waals surface area contributed by atoms with Gasteiger partial charge in [-0.3, -0.25) is 0 Å². The van der Waals surface area contributed by atoms with E-state index < -0.39 is 0 Å². The van der Waals surface area contributed by atoms with Crippen LogP contribution in [0.2, 0.25) is 0 Å². The molecule has 1 aliphatic rings. The van der Waals surface area contributed by atoms with Crippen molar-refractivity contribution in [3.63, 3.8) is 0 Å². The second kappa shape index (κ2) is 7.06. The van der Waals surface area contributed by atoms with Crippen molar-refractivity contribution in [1.29, 1.82) is 0 Å². The van der Waals surface area contributed by atoms with E-state index in [4.69, 9.17) is 0 Å². The summed E-state index contributed by atoms with van der Waals surface area (Å²) in [4.78, 5) is 2.65. The summed E-state index contributed by atoms with van der Waals surface area (Å²) < 4.78 is 0. The fourth-order valence-electron chi connectivity index (χ4n) is 3.10. The standard InChI is InChI=1S/C17H28N2/c1-3-18-14-17(2,16-10-6-4-7-11-16)15-19-12-8-5-9-13-19/h4,6-7,10-11,18H,3,5,8-9,12-15H2,1-2H3. The molecule has 1 unspecified atom stereocenters. The number of hydrogen-bond donors (Lipinski definition) is 1. The van der Waals surface area contributed by atoms with Crippen molar-refractivity contribution >= 4 is 0 Å². The second-order valence-corrected chi connectivity index (χ2v) is 6.04. The maximum absolute atomic E-state index is 3.55. The first-order valence-electron chi connectivity index (χ1n) is 7.73. The lowest BCUT2D eigenvalue weighted by molar-refractivity contribution is 0.181. The van der Waals surface area contributed by atoms with Crippen LogP contribution in [0.5, 0.6) is 0 Å². The summed E-state index contributed by atoms with van der Waals surface area (Å²) in [6, 6.07) is 11.0. The molecule has 1 N–H and O–H groups in total. The molecule has 0 bridgehead atoms. The van der Waals surface area contributed by atoms with Gasteiger partial charge in [0.1, 0.15) is 0 Å². The molecule has 1 saturated heterocycles. The summed E-state index contributed by atoms with van der Waals surface area (Å²) in [6.07, 6.45) is 4.14. The first kappa shape index (κ1) is 14.5. The Bertz CT molecular complexity index is 357. The molecule has 0 radical (unpaired) electrons. The number of nitrogens with zero attached hydrogens (tertiary/aromatic N) is 1. The third-order valence-electron chi connectivity index (χ3n) is 4.26. The third kappa shape index (κ3) is 4.05. The number of benzene rings is 1. The van der Waals surface area contributed by atoms with Gasteiger partial charge in [0.25, 0.3) is 0 Å². The van der Waals surface area contributed by atoms with Crippen molar-refractivity contribution in [3.8, 4) is 0 Å². The molecule has 0 saturated carbocycles. The first-order chi connectivity index (χ1) is 9.24. The summed E-state index contributed by atoms with van der Waals surface area (Å²) in [5.74, 6) is 0. The number of hydrogen-bond acceptors (Lipinski definition) is 2. The average molecular weight is 260 g/mol. The zero-order chi connectivity index (χ0) is 13.6. The van der Waals surface area contributed by atoms with E-state index in [9.17, 15) is 0 Å². The minimum absolute atomic E-state index is 0.217. The SMILES string of the molecule is CCNCC(C)(CN1CCCCC1)c1ccccc1. The smallest absolute Gasteiger partial charge is 0.0177 e. The van der Waals surface area contributed by atoms with E-state index in [2.05, 4.69) is 54.4 Å². The third-order valence-corrected chi connectivity index (χ3v) is 4.26. The minimum atomic E-state index is 0.217. The predicted molar refractivity (Wildman–Crippen MR) is 82.6 cm³/mol. The van der Waals surface area contributed by atoms with Crippen LogP contribution in [0.15, 0.2) is 30.3 Å². The van der Waals surface area contributed by atoms with Gasteiger partial charge in [-0.2, -0.15) is 0 Å². The zero-order valence-electron chi connectivity index (χ0n) is 12.5. The van der Waals surface area contributed by atoms with Crippen LogP contribution in [0.3, 0.4) is 0 Å². The van der Waals surface area contributed by atoms with E-state index in [0.29, 0.717) is 0 Å². The fourth-order valence-corrected chi connectivity index (χ4v) is 3.10. The largest absolute Gasteiger partial charge is 0.316 e. The lowest BCUT2D eigenvalue weighted by Crippen LogP contribution is -2.46. The van der Waals surface area contributed by atoms with E-state index in [-0.39, 0.29) is 5.41 Å². The van der Waals surface area contributed by atoms with Crippen LogP contribution >= 0.6 is 0 Å². The molecule has 0 spiro atoms. The second-order valence-electron chi connectivity index (χ2n) is 6.04. The molecule has 0 aliphatic carbocycles. The summed E-state index contributed by atoms with van der Waals surface area (Å²) >= 11 is 0. The highest BCUT2D eigenvalue weighted by Gasteiger charge is 2.29. The van der Waals surface area contributed by atoms with Gasteiger partial charge < -0.3 is 10.2 Å². The molecule has 1 fully saturated rings. The molecule has 0 amide bonds. The number of nitrogens with one attached hydrogen (secondary N) is 1. The minimum Gasteiger partial charge on any atom is -0.316 e. The Balaban J connectivity index is 2.09. The molecule has 2 nitrogen and oxygen atoms in total. The monoisotopic (exact) mass is 260 g/mol. The molecule has 1 aromatic carbocycles. The Labute approximate surface area is 118 Å². The highest BCUT2D eigenvalue weighted by Crippen LogP contribution is 2.25. The van der Waals surface area contributed by atoms with Crippen molar-refractivity contribution in [2.24, 2.45) is 0 Å². The first-order valence-corrected chi connectivity index (χ1v) is 7.73. The zero-order valence-corrected chi connectivity index (χ0v) is 12.5. The summed E-state index contributed by atoms with van der Waals surface area (Å²) in [5, 5.41) is 3.55. The Kier molecular flexibility index (Phi) is 5.41. The maximum atomic E-state index is 3.55. The highest BCUT2D eigenvalue weighted by atomic mass is 15.1. The van der Waals surface area contributed by atoms with Crippen molar-refractivity contribution < 1.29 is 0 Å². The molecule has 1 atom stereocenters. The van der Waals surface area contributed by atoms with Gasteiger partial charge in [0.15, 0.2) is 0 Å². The molecule has 2 heteroatoms. The molecule has 106 valence electrons. The van der Waals surface area contributed by atoms with E-state index in [1.165, 1.54) is 44.5 Å². The lowest BCUT2D eigenvalue weighted by atomic mass is 9.81. The van der Waals surface area contributed by atoms with E-state index >= 15 is 0 Å². The van der Waals surface area contributed by atoms with Crippen LogP contribution in [0.25, 0.3) is 0 Å². The molecule has 19 heavy (non-hydrogen) atoms. The number of rotatable bonds is 6. The predicted octanol–water partition coefficient (Wildman–Crippen LogP) is 3.04. The van der Waals surface area contributed by atoms with Gasteiger partial charge in [-0.15, -0.1) is 0 Å². The number of likely N-dealkylation sites (N-methyl/N-ethyl adjacent to an activating group) is 1. The van der Waals surface area contributed by atoms with Gasteiger partial charge in [-0.25, -0.2) is 0 Å². The van der Waals surface area contributed by atoms with Crippen molar-refractivity contribution in [2.75, 3.05) is 32.7 Å². The quantitative estimate of drug-likeness (QED) is 0.846. The fraction of sp³-hybridized carbons (Fsp3) is 0.647. The Morgan fingerprint density at radius 1 is 1.11 bits per heavy atom. The molecule has 2 rings (SSSR count). The van der Waals surface area contributed by atoms with E-state index in [1.807, 2.05) is 0 Å². The molecule has 0 aromatic heterocycles. The molecular weight excluding hydrogens is 232 g/mol. The highest BCUT2D eigenvalue weighted by molar-refractivity contribution is 5.25. The molecule has 1 heterocycles. The lowest BCUT2D eigenvalue weighted by Gasteiger charge is -2.38. The summed E-state index contributed by atoms with van der Waals surface area (Å²) in [7, 11) is 0. The number of likely N-dealkylation sites (tertiary alicyclic amines) is 1. The van der Waals surface area contributed by atoms with Crippen molar-refractivity contribution in [3.05, 3.63) is 35.9 Å². The molecule has 1 aromatic rings. The Morgan fingerprint density at radius 3 is 2.42 bits per heavy atom. The topological polar surface area (TPSA) is 15.3 Å². The van der Waals surface area contributed by atoms with E-state index in [1.54, 1.807) is 0 Å². The molecular formula is C17H28N2. The van der Waals surface area contributed by atoms with Gasteiger partial charge in [-0.05, 0) is 38.0 Å². The van der Waals surface area contributed by atoms with Crippen LogP contribution < -0.4 is 5.32 Å². The average Bonchev–Trinajstić information content (AvgIpc) is 2.47. The number of piperidine rings is 1. The summed E-state index contributed by atoms with van der Waals surface area (Å²) in [6.45, 7) is 10.4. The maximum Gasteiger partial charge on any atom is 0.0177 e.